The molecule has 0 aromatic heterocycles. The second-order valence-electron chi connectivity index (χ2n) is 4.32. The Morgan fingerprint density at radius 2 is 2.00 bits per heavy atom. The molecule has 0 radical (unpaired) electrons. The van der Waals surface area contributed by atoms with E-state index in [4.69, 9.17) is 27.9 Å². The van der Waals surface area contributed by atoms with Crippen LogP contribution >= 0.6 is 23.2 Å². The fraction of sp³-hybridized carbons (Fsp3) is 0.133. The van der Waals surface area contributed by atoms with Crippen LogP contribution in [0.2, 0.25) is 10.0 Å². The quantitative estimate of drug-likeness (QED) is 0.794. The number of benzene rings is 2. The summed E-state index contributed by atoms with van der Waals surface area (Å²) in [6, 6.07) is 10.5. The van der Waals surface area contributed by atoms with E-state index >= 15 is 0 Å². The van der Waals surface area contributed by atoms with Crippen molar-refractivity contribution in [2.24, 2.45) is 0 Å². The molecule has 2 aromatic carbocycles. The molecular formula is C15H13Cl2FN2O2. The Bertz CT molecular complexity index is 668. The summed E-state index contributed by atoms with van der Waals surface area (Å²) in [4.78, 5) is 11.6. The van der Waals surface area contributed by atoms with Crippen LogP contribution in [0.15, 0.2) is 42.5 Å². The maximum Gasteiger partial charge on any atom is 0.319 e. The second-order valence-corrected chi connectivity index (χ2v) is 5.16. The Labute approximate surface area is 137 Å². The third-order valence-corrected chi connectivity index (χ3v) is 3.15. The number of halogens is 3. The number of urea groups is 1. The van der Waals surface area contributed by atoms with E-state index in [1.807, 2.05) is 0 Å². The van der Waals surface area contributed by atoms with Gasteiger partial charge in [0.05, 0.1) is 11.6 Å². The van der Waals surface area contributed by atoms with Gasteiger partial charge in [-0.05, 0) is 36.4 Å². The minimum atomic E-state index is -0.539. The average molecular weight is 343 g/mol. The predicted octanol–water partition coefficient (Wildman–Crippen LogP) is 4.33. The first-order valence-corrected chi connectivity index (χ1v) is 7.18. The smallest absolute Gasteiger partial charge is 0.319 e. The molecule has 0 aliphatic carbocycles. The lowest BCUT2D eigenvalue weighted by Gasteiger charge is -2.09. The monoisotopic (exact) mass is 342 g/mol. The summed E-state index contributed by atoms with van der Waals surface area (Å²) >= 11 is 11.5. The zero-order chi connectivity index (χ0) is 15.9. The SMILES string of the molecule is O=C(NCCOc1cccc(Cl)c1)Nc1ccc(F)c(Cl)c1. The van der Waals surface area contributed by atoms with Gasteiger partial charge in [-0.3, -0.25) is 0 Å². The van der Waals surface area contributed by atoms with E-state index in [2.05, 4.69) is 10.6 Å². The van der Waals surface area contributed by atoms with E-state index < -0.39 is 11.8 Å². The lowest BCUT2D eigenvalue weighted by atomic mass is 10.3. The van der Waals surface area contributed by atoms with Crippen LogP contribution in [0.4, 0.5) is 14.9 Å². The molecule has 4 nitrogen and oxygen atoms in total. The number of rotatable bonds is 5. The van der Waals surface area contributed by atoms with Gasteiger partial charge in [-0.15, -0.1) is 0 Å². The van der Waals surface area contributed by atoms with Crippen molar-refractivity contribution in [3.63, 3.8) is 0 Å². The summed E-state index contributed by atoms with van der Waals surface area (Å²) in [6.07, 6.45) is 0. The summed E-state index contributed by atoms with van der Waals surface area (Å²) in [5, 5.41) is 5.67. The van der Waals surface area contributed by atoms with Gasteiger partial charge in [0.15, 0.2) is 0 Å². The van der Waals surface area contributed by atoms with Crippen LogP contribution < -0.4 is 15.4 Å². The van der Waals surface area contributed by atoms with E-state index in [0.29, 0.717) is 23.0 Å². The van der Waals surface area contributed by atoms with Crippen LogP contribution in [0, 0.1) is 5.82 Å². The highest BCUT2D eigenvalue weighted by Crippen LogP contribution is 2.19. The molecule has 7 heteroatoms. The van der Waals surface area contributed by atoms with Crippen molar-refractivity contribution in [2.45, 2.75) is 0 Å². The number of amides is 2. The van der Waals surface area contributed by atoms with E-state index in [1.165, 1.54) is 18.2 Å². The number of hydrogen-bond donors (Lipinski definition) is 2. The minimum absolute atomic E-state index is 0.0536. The van der Waals surface area contributed by atoms with Gasteiger partial charge in [0.2, 0.25) is 0 Å². The van der Waals surface area contributed by atoms with Crippen molar-refractivity contribution in [1.29, 1.82) is 0 Å². The highest BCUT2D eigenvalue weighted by Gasteiger charge is 2.04. The van der Waals surface area contributed by atoms with Gasteiger partial charge in [-0.2, -0.15) is 0 Å². The van der Waals surface area contributed by atoms with Gasteiger partial charge in [-0.1, -0.05) is 29.3 Å². The normalized spacial score (nSPS) is 10.1. The highest BCUT2D eigenvalue weighted by atomic mass is 35.5. The van der Waals surface area contributed by atoms with Crippen molar-refractivity contribution in [3.8, 4) is 5.75 Å². The Morgan fingerprint density at radius 3 is 2.73 bits per heavy atom. The molecule has 0 aliphatic heterocycles. The Morgan fingerprint density at radius 1 is 1.18 bits per heavy atom. The lowest BCUT2D eigenvalue weighted by molar-refractivity contribution is 0.247. The Kier molecular flexibility index (Phi) is 5.86. The van der Waals surface area contributed by atoms with Crippen molar-refractivity contribution >= 4 is 34.9 Å². The molecule has 0 aliphatic rings. The van der Waals surface area contributed by atoms with Crippen LogP contribution in [0.25, 0.3) is 0 Å². The van der Waals surface area contributed by atoms with Crippen molar-refractivity contribution < 1.29 is 13.9 Å². The fourth-order valence-corrected chi connectivity index (χ4v) is 2.00. The summed E-state index contributed by atoms with van der Waals surface area (Å²) in [6.45, 7) is 0.589. The van der Waals surface area contributed by atoms with Crippen LogP contribution in [0.3, 0.4) is 0 Å². The van der Waals surface area contributed by atoms with E-state index in [0.717, 1.165) is 0 Å². The molecule has 0 saturated carbocycles. The van der Waals surface area contributed by atoms with Gasteiger partial charge in [-0.25, -0.2) is 9.18 Å². The molecule has 0 spiro atoms. The number of anilines is 1. The van der Waals surface area contributed by atoms with Crippen LogP contribution in [-0.4, -0.2) is 19.2 Å². The van der Waals surface area contributed by atoms with E-state index in [1.54, 1.807) is 24.3 Å². The van der Waals surface area contributed by atoms with Gasteiger partial charge in [0.25, 0.3) is 0 Å². The second kappa shape index (κ2) is 7.87. The summed E-state index contributed by atoms with van der Waals surface area (Å²) in [5.41, 5.74) is 0.402. The van der Waals surface area contributed by atoms with Crippen LogP contribution in [0.1, 0.15) is 0 Å². The predicted molar refractivity (Wildman–Crippen MR) is 85.4 cm³/mol. The molecule has 0 saturated heterocycles. The van der Waals surface area contributed by atoms with Crippen molar-refractivity contribution in [1.82, 2.24) is 5.32 Å². The molecule has 22 heavy (non-hydrogen) atoms. The molecule has 2 rings (SSSR count). The Hall–Kier alpha value is -1.98. The molecule has 116 valence electrons. The third-order valence-electron chi connectivity index (χ3n) is 2.63. The third kappa shape index (κ3) is 5.09. The van der Waals surface area contributed by atoms with Gasteiger partial charge in [0, 0.05) is 10.7 Å². The molecule has 0 heterocycles. The first-order valence-electron chi connectivity index (χ1n) is 6.43. The molecule has 0 atom stereocenters. The molecule has 2 aromatic rings. The van der Waals surface area contributed by atoms with E-state index in [-0.39, 0.29) is 11.6 Å². The number of nitrogens with one attached hydrogen (secondary N) is 2. The first kappa shape index (κ1) is 16.4. The van der Waals surface area contributed by atoms with Gasteiger partial charge in [0.1, 0.15) is 18.2 Å². The lowest BCUT2D eigenvalue weighted by Crippen LogP contribution is -2.32. The largest absolute Gasteiger partial charge is 0.492 e. The molecule has 0 fully saturated rings. The molecule has 2 N–H and O–H groups in total. The van der Waals surface area contributed by atoms with Crippen molar-refractivity contribution in [3.05, 3.63) is 58.3 Å². The zero-order valence-electron chi connectivity index (χ0n) is 11.4. The number of ether oxygens (including phenoxy) is 1. The summed E-state index contributed by atoms with van der Waals surface area (Å²) in [7, 11) is 0. The molecule has 2 amide bonds. The summed E-state index contributed by atoms with van der Waals surface area (Å²) < 4.78 is 18.4. The van der Waals surface area contributed by atoms with E-state index in [9.17, 15) is 9.18 Å². The zero-order valence-corrected chi connectivity index (χ0v) is 12.9. The van der Waals surface area contributed by atoms with Crippen LogP contribution in [0.5, 0.6) is 5.75 Å². The number of carbonyl (C=O) groups excluding carboxylic acids is 1. The Balaban J connectivity index is 1.72. The standard InChI is InChI=1S/C15H13Cl2FN2O2/c16-10-2-1-3-12(8-10)22-7-6-19-15(21)20-11-4-5-14(18)13(17)9-11/h1-5,8-9H,6-7H2,(H2,19,20,21). The van der Waals surface area contributed by atoms with Crippen molar-refractivity contribution in [2.75, 3.05) is 18.5 Å². The first-order chi connectivity index (χ1) is 10.5. The maximum atomic E-state index is 13.0. The van der Waals surface area contributed by atoms with Gasteiger partial charge >= 0.3 is 6.03 Å². The topological polar surface area (TPSA) is 50.4 Å². The number of carbonyl (C=O) groups is 1. The molecule has 0 unspecified atom stereocenters. The van der Waals surface area contributed by atoms with Crippen LogP contribution in [-0.2, 0) is 0 Å². The molecular weight excluding hydrogens is 330 g/mol. The fourth-order valence-electron chi connectivity index (χ4n) is 1.64. The minimum Gasteiger partial charge on any atom is -0.492 e. The highest BCUT2D eigenvalue weighted by molar-refractivity contribution is 6.31. The van der Waals surface area contributed by atoms with Gasteiger partial charge < -0.3 is 15.4 Å². The summed E-state index contributed by atoms with van der Waals surface area (Å²) in [5.74, 6) is 0.0857. The molecule has 0 bridgehead atoms. The average Bonchev–Trinajstić information content (AvgIpc) is 2.48. The number of hydrogen-bond acceptors (Lipinski definition) is 2. The maximum absolute atomic E-state index is 13.0.